The Morgan fingerprint density at radius 1 is 1.05 bits per heavy atom. The lowest BCUT2D eigenvalue weighted by Crippen LogP contribution is -2.36. The number of rotatable bonds is 8. The number of carbonyl (C=O) groups excluding carboxylic acids is 1. The molecule has 0 atom stereocenters. The zero-order valence-corrected chi connectivity index (χ0v) is 23.9. The van der Waals surface area contributed by atoms with E-state index >= 15 is 0 Å². The molecule has 1 aromatic heterocycles. The summed E-state index contributed by atoms with van der Waals surface area (Å²) in [6, 6.07) is 9.02. The predicted octanol–water partition coefficient (Wildman–Crippen LogP) is 3.96. The molecule has 0 bridgehead atoms. The normalized spacial score (nSPS) is 14.3. The molecule has 11 heteroatoms. The van der Waals surface area contributed by atoms with Crippen LogP contribution in [0.3, 0.4) is 0 Å². The number of halogens is 2. The minimum Gasteiger partial charge on any atom is -0.381 e. The molecule has 2 aliphatic heterocycles. The van der Waals surface area contributed by atoms with Crippen LogP contribution in [0.5, 0.6) is 0 Å². The van der Waals surface area contributed by atoms with Crippen molar-refractivity contribution in [2.75, 3.05) is 57.7 Å². The Balaban J connectivity index is 1.32. The number of amidine groups is 1. The van der Waals surface area contributed by atoms with E-state index < -0.39 is 11.6 Å². The molecule has 3 aromatic rings. The molecule has 218 valence electrons. The van der Waals surface area contributed by atoms with Crippen LogP contribution in [0.4, 0.5) is 26.0 Å². The third-order valence-corrected chi connectivity index (χ3v) is 6.99. The first-order valence-electron chi connectivity index (χ1n) is 13.8. The molecular formula is C31H33F2N7O2. The lowest BCUT2D eigenvalue weighted by Gasteiger charge is -2.27. The molecule has 0 spiro atoms. The SMILES string of the molecule is CN(C)CCCN(C)c1ccc(C(=O)NC2=Nc3ncc(C#Cc4cc(F)cc(F)c4)nc32)c(NC2CCOCC2)c1. The van der Waals surface area contributed by atoms with Gasteiger partial charge in [-0.2, -0.15) is 0 Å². The first kappa shape index (κ1) is 29.1. The maximum absolute atomic E-state index is 13.5. The topological polar surface area (TPSA) is 95.0 Å². The molecule has 2 aromatic carbocycles. The average Bonchev–Trinajstić information content (AvgIpc) is 2.95. The van der Waals surface area contributed by atoms with E-state index in [1.54, 1.807) is 0 Å². The van der Waals surface area contributed by atoms with Crippen LogP contribution in [0, 0.1) is 23.5 Å². The van der Waals surface area contributed by atoms with Gasteiger partial charge in [-0.25, -0.2) is 23.7 Å². The molecule has 1 saturated heterocycles. The average molecular weight is 574 g/mol. The van der Waals surface area contributed by atoms with Gasteiger partial charge in [0.1, 0.15) is 17.3 Å². The number of benzene rings is 2. The molecule has 1 fully saturated rings. The maximum atomic E-state index is 13.5. The molecule has 2 aliphatic rings. The number of anilines is 2. The fourth-order valence-electron chi connectivity index (χ4n) is 4.72. The first-order chi connectivity index (χ1) is 20.2. The van der Waals surface area contributed by atoms with Crippen molar-refractivity contribution in [2.24, 2.45) is 4.99 Å². The molecule has 42 heavy (non-hydrogen) atoms. The number of hydrogen-bond donors (Lipinski definition) is 2. The molecule has 5 rings (SSSR count). The summed E-state index contributed by atoms with van der Waals surface area (Å²) in [7, 11) is 6.17. The number of carbonyl (C=O) groups is 1. The zero-order chi connectivity index (χ0) is 29.6. The van der Waals surface area contributed by atoms with Crippen LogP contribution in [0.1, 0.15) is 46.6 Å². The van der Waals surface area contributed by atoms with Gasteiger partial charge in [-0.15, -0.1) is 0 Å². The fourth-order valence-corrected chi connectivity index (χ4v) is 4.72. The summed E-state index contributed by atoms with van der Waals surface area (Å²) in [6.07, 6.45) is 4.14. The summed E-state index contributed by atoms with van der Waals surface area (Å²) in [6.45, 7) is 3.22. The Morgan fingerprint density at radius 2 is 1.81 bits per heavy atom. The van der Waals surface area contributed by atoms with Crippen molar-refractivity contribution < 1.29 is 18.3 Å². The van der Waals surface area contributed by atoms with Gasteiger partial charge < -0.3 is 25.2 Å². The van der Waals surface area contributed by atoms with Crippen LogP contribution in [-0.4, -0.2) is 80.1 Å². The number of nitrogens with zero attached hydrogens (tertiary/aromatic N) is 5. The number of amides is 1. The highest BCUT2D eigenvalue weighted by Crippen LogP contribution is 2.28. The standard InChI is InChI=1S/C31H33F2N7O2/c1-39(2)11-4-12-40(3)25-7-8-26(27(18-25)35-23-9-13-42-14-10-23)31(41)38-30-28-29(37-30)34-19-24(36-28)6-5-20-15-21(32)17-22(33)16-20/h7-8,15-19,23,35H,4,9-14H2,1-3H3,(H,34,37,38,41). The van der Waals surface area contributed by atoms with Gasteiger partial charge in [0, 0.05) is 55.9 Å². The smallest absolute Gasteiger partial charge is 0.258 e. The summed E-state index contributed by atoms with van der Waals surface area (Å²) >= 11 is 0. The molecule has 3 heterocycles. The van der Waals surface area contributed by atoms with Crippen LogP contribution in [0.15, 0.2) is 47.6 Å². The molecule has 1 amide bonds. The largest absolute Gasteiger partial charge is 0.381 e. The van der Waals surface area contributed by atoms with E-state index in [0.717, 1.165) is 61.9 Å². The predicted molar refractivity (Wildman–Crippen MR) is 158 cm³/mol. The van der Waals surface area contributed by atoms with Gasteiger partial charge >= 0.3 is 0 Å². The Morgan fingerprint density at radius 3 is 2.55 bits per heavy atom. The second kappa shape index (κ2) is 13.1. The molecule has 0 radical (unpaired) electrons. The highest BCUT2D eigenvalue weighted by molar-refractivity contribution is 6.19. The number of nitrogens with one attached hydrogen (secondary N) is 2. The zero-order valence-electron chi connectivity index (χ0n) is 23.9. The number of ether oxygens (including phenoxy) is 1. The third-order valence-electron chi connectivity index (χ3n) is 6.99. The Bertz CT molecular complexity index is 1540. The Kier molecular flexibility index (Phi) is 9.05. The third kappa shape index (κ3) is 7.26. The van der Waals surface area contributed by atoms with Crippen molar-refractivity contribution >= 4 is 28.9 Å². The van der Waals surface area contributed by atoms with Crippen molar-refractivity contribution in [1.82, 2.24) is 20.2 Å². The Labute approximate surface area is 244 Å². The van der Waals surface area contributed by atoms with Gasteiger partial charge in [0.25, 0.3) is 5.91 Å². The lowest BCUT2D eigenvalue weighted by atomic mass is 10.1. The van der Waals surface area contributed by atoms with Crippen molar-refractivity contribution in [3.63, 3.8) is 0 Å². The van der Waals surface area contributed by atoms with Gasteiger partial charge in [-0.1, -0.05) is 5.92 Å². The van der Waals surface area contributed by atoms with Gasteiger partial charge in [0.15, 0.2) is 17.3 Å². The molecule has 9 nitrogen and oxygen atoms in total. The van der Waals surface area contributed by atoms with Gasteiger partial charge in [-0.3, -0.25) is 4.79 Å². The molecular weight excluding hydrogens is 540 g/mol. The summed E-state index contributed by atoms with van der Waals surface area (Å²) in [5.74, 6) is 4.36. The van der Waals surface area contributed by atoms with E-state index in [9.17, 15) is 13.6 Å². The van der Waals surface area contributed by atoms with Crippen molar-refractivity contribution in [2.45, 2.75) is 25.3 Å². The van der Waals surface area contributed by atoms with Crippen LogP contribution < -0.4 is 15.5 Å². The summed E-state index contributed by atoms with van der Waals surface area (Å²) in [5, 5.41) is 6.42. The maximum Gasteiger partial charge on any atom is 0.258 e. The first-order valence-corrected chi connectivity index (χ1v) is 13.8. The van der Waals surface area contributed by atoms with E-state index in [-0.39, 0.29) is 29.0 Å². The molecule has 0 saturated carbocycles. The van der Waals surface area contributed by atoms with Gasteiger partial charge in [0.05, 0.1) is 11.8 Å². The summed E-state index contributed by atoms with van der Waals surface area (Å²) in [5.41, 5.74) is 3.10. The second-order valence-electron chi connectivity index (χ2n) is 10.6. The van der Waals surface area contributed by atoms with Crippen molar-refractivity contribution in [1.29, 1.82) is 0 Å². The van der Waals surface area contributed by atoms with Crippen LogP contribution in [0.2, 0.25) is 0 Å². The van der Waals surface area contributed by atoms with Crippen LogP contribution >= 0.6 is 0 Å². The monoisotopic (exact) mass is 573 g/mol. The van der Waals surface area contributed by atoms with Gasteiger partial charge in [0.2, 0.25) is 0 Å². The number of hydrogen-bond acceptors (Lipinski definition) is 8. The molecule has 0 unspecified atom stereocenters. The Hall–Kier alpha value is -4.40. The van der Waals surface area contributed by atoms with Crippen molar-refractivity contribution in [3.05, 3.63) is 76.7 Å². The van der Waals surface area contributed by atoms with E-state index in [4.69, 9.17) is 4.74 Å². The summed E-state index contributed by atoms with van der Waals surface area (Å²) in [4.78, 5) is 30.8. The number of aromatic nitrogens is 2. The highest BCUT2D eigenvalue weighted by atomic mass is 19.1. The van der Waals surface area contributed by atoms with Gasteiger partial charge in [-0.05, 0) is 76.2 Å². The number of fused-ring (bicyclic) bond motifs is 1. The van der Waals surface area contributed by atoms with E-state index in [2.05, 4.69) is 61.3 Å². The summed E-state index contributed by atoms with van der Waals surface area (Å²) < 4.78 is 32.5. The quantitative estimate of drug-likeness (QED) is 0.394. The highest BCUT2D eigenvalue weighted by Gasteiger charge is 2.26. The van der Waals surface area contributed by atoms with E-state index in [0.29, 0.717) is 30.3 Å². The van der Waals surface area contributed by atoms with Crippen molar-refractivity contribution in [3.8, 4) is 11.8 Å². The molecule has 2 N–H and O–H groups in total. The molecule has 0 aliphatic carbocycles. The van der Waals surface area contributed by atoms with E-state index in [1.165, 1.54) is 6.20 Å². The fraction of sp³-hybridized carbons (Fsp3) is 0.355. The van der Waals surface area contributed by atoms with Crippen LogP contribution in [0.25, 0.3) is 0 Å². The second-order valence-corrected chi connectivity index (χ2v) is 10.6. The minimum absolute atomic E-state index is 0.176. The minimum atomic E-state index is -0.714. The van der Waals surface area contributed by atoms with Crippen LogP contribution in [-0.2, 0) is 4.74 Å². The number of aliphatic imine (C=N–C) groups is 1. The van der Waals surface area contributed by atoms with E-state index in [1.807, 2.05) is 25.2 Å². The lowest BCUT2D eigenvalue weighted by molar-refractivity contribution is 0.0904.